The van der Waals surface area contributed by atoms with Gasteiger partial charge in [-0.1, -0.05) is 6.07 Å². The van der Waals surface area contributed by atoms with Crippen LogP contribution in [0.1, 0.15) is 0 Å². The van der Waals surface area contributed by atoms with Gasteiger partial charge in [0.2, 0.25) is 20.0 Å². The highest BCUT2D eigenvalue weighted by Crippen LogP contribution is 2.29. The maximum Gasteiger partial charge on any atom is 0.261 e. The smallest absolute Gasteiger partial charge is 0.261 e. The van der Waals surface area contributed by atoms with E-state index < -0.39 is 30.1 Å². The summed E-state index contributed by atoms with van der Waals surface area (Å²) in [6.45, 7) is 0. The third-order valence-electron chi connectivity index (χ3n) is 3.19. The minimum atomic E-state index is -4.16. The number of nitrogens with one attached hydrogen (secondary N) is 2. The van der Waals surface area contributed by atoms with Gasteiger partial charge in [-0.15, -0.1) is 0 Å². The van der Waals surface area contributed by atoms with E-state index in [1.54, 1.807) is 0 Å². The topological polar surface area (TPSA) is 162 Å². The molecule has 0 aliphatic heterocycles. The molecule has 10 nitrogen and oxygen atoms in total. The van der Waals surface area contributed by atoms with Crippen molar-refractivity contribution in [2.45, 2.75) is 9.79 Å². The van der Waals surface area contributed by atoms with E-state index in [-0.39, 0.29) is 26.9 Å². The molecule has 148 valence electrons. The van der Waals surface area contributed by atoms with Crippen LogP contribution in [-0.4, -0.2) is 38.6 Å². The van der Waals surface area contributed by atoms with Crippen molar-refractivity contribution in [3.8, 4) is 5.75 Å². The lowest BCUT2D eigenvalue weighted by Crippen LogP contribution is -2.16. The molecule has 2 aromatic carbocycles. The van der Waals surface area contributed by atoms with E-state index >= 15 is 0 Å². The van der Waals surface area contributed by atoms with Crippen LogP contribution < -0.4 is 19.3 Å². The molecule has 0 aliphatic rings. The van der Waals surface area contributed by atoms with Gasteiger partial charge in [-0.2, -0.15) is 0 Å². The van der Waals surface area contributed by atoms with Crippen molar-refractivity contribution in [1.29, 1.82) is 0 Å². The minimum Gasteiger partial charge on any atom is -0.495 e. The molecule has 2 aromatic rings. The van der Waals surface area contributed by atoms with Crippen LogP contribution in [0.15, 0.2) is 52.3 Å². The van der Waals surface area contributed by atoms with Gasteiger partial charge in [0.25, 0.3) is 10.0 Å². The standard InChI is InChI=1S/C14H17N3O7S3/c1-24-14-7-6-10(8-13(14)17-25(2,18)19)16-27(22,23)12-5-3-4-11(9-12)26(15,20)21/h3-9,16-17H,1-2H3,(H2,15,20,21). The van der Waals surface area contributed by atoms with Crippen LogP contribution in [0.25, 0.3) is 0 Å². The fourth-order valence-electron chi connectivity index (χ4n) is 2.08. The molecule has 0 atom stereocenters. The summed E-state index contributed by atoms with van der Waals surface area (Å²) in [5.74, 6) is 0.180. The fraction of sp³-hybridized carbons (Fsp3) is 0.143. The molecule has 0 heterocycles. The first kappa shape index (κ1) is 21.0. The summed E-state index contributed by atoms with van der Waals surface area (Å²) in [5, 5.41) is 5.01. The predicted molar refractivity (Wildman–Crippen MR) is 100 cm³/mol. The number of primary sulfonamides is 1. The Hall–Kier alpha value is -2.35. The Balaban J connectivity index is 2.42. The Morgan fingerprint density at radius 3 is 2.07 bits per heavy atom. The highest BCUT2D eigenvalue weighted by molar-refractivity contribution is 7.93. The van der Waals surface area contributed by atoms with E-state index in [4.69, 9.17) is 9.88 Å². The quantitative estimate of drug-likeness (QED) is 0.571. The van der Waals surface area contributed by atoms with Gasteiger partial charge >= 0.3 is 0 Å². The van der Waals surface area contributed by atoms with E-state index in [1.807, 2.05) is 0 Å². The number of methoxy groups -OCH3 is 1. The third kappa shape index (κ3) is 5.56. The number of benzene rings is 2. The lowest BCUT2D eigenvalue weighted by atomic mass is 10.2. The van der Waals surface area contributed by atoms with E-state index in [9.17, 15) is 25.3 Å². The highest BCUT2D eigenvalue weighted by Gasteiger charge is 2.19. The van der Waals surface area contributed by atoms with Gasteiger partial charge in [0.1, 0.15) is 5.75 Å². The summed E-state index contributed by atoms with van der Waals surface area (Å²) in [5.41, 5.74) is 0.0569. The average Bonchev–Trinajstić information content (AvgIpc) is 2.52. The zero-order chi connectivity index (χ0) is 20.5. The SMILES string of the molecule is COc1ccc(NS(=O)(=O)c2cccc(S(N)(=O)=O)c2)cc1NS(C)(=O)=O. The molecule has 0 aromatic heterocycles. The van der Waals surface area contributed by atoms with Gasteiger partial charge in [0, 0.05) is 0 Å². The number of nitrogens with two attached hydrogens (primary N) is 1. The molecule has 0 unspecified atom stereocenters. The van der Waals surface area contributed by atoms with Crippen LogP contribution in [0.2, 0.25) is 0 Å². The van der Waals surface area contributed by atoms with Crippen molar-refractivity contribution >= 4 is 41.4 Å². The van der Waals surface area contributed by atoms with E-state index in [2.05, 4.69) is 9.44 Å². The summed E-state index contributed by atoms with van der Waals surface area (Å²) < 4.78 is 80.2. The molecule has 0 spiro atoms. The van der Waals surface area contributed by atoms with Crippen LogP contribution in [0.3, 0.4) is 0 Å². The van der Waals surface area contributed by atoms with E-state index in [1.165, 1.54) is 37.4 Å². The Morgan fingerprint density at radius 1 is 0.889 bits per heavy atom. The number of sulfonamides is 3. The van der Waals surface area contributed by atoms with Crippen LogP contribution >= 0.6 is 0 Å². The monoisotopic (exact) mass is 435 g/mol. The molecule has 0 saturated carbocycles. The molecule has 4 N–H and O–H groups in total. The predicted octanol–water partition coefficient (Wildman–Crippen LogP) is 0.515. The van der Waals surface area contributed by atoms with Crippen molar-refractivity contribution in [3.63, 3.8) is 0 Å². The van der Waals surface area contributed by atoms with Crippen LogP contribution in [-0.2, 0) is 30.1 Å². The molecule has 0 aliphatic carbocycles. The van der Waals surface area contributed by atoms with Crippen molar-refractivity contribution < 1.29 is 30.0 Å². The van der Waals surface area contributed by atoms with E-state index in [0.717, 1.165) is 18.4 Å². The zero-order valence-electron chi connectivity index (χ0n) is 14.2. The number of anilines is 2. The van der Waals surface area contributed by atoms with Crippen LogP contribution in [0.5, 0.6) is 5.75 Å². The van der Waals surface area contributed by atoms with Crippen molar-refractivity contribution in [1.82, 2.24) is 0 Å². The van der Waals surface area contributed by atoms with Gasteiger partial charge in [-0.25, -0.2) is 30.4 Å². The maximum atomic E-state index is 12.5. The summed E-state index contributed by atoms with van der Waals surface area (Å²) >= 11 is 0. The summed E-state index contributed by atoms with van der Waals surface area (Å²) in [4.78, 5) is -0.693. The van der Waals surface area contributed by atoms with Crippen molar-refractivity contribution in [2.24, 2.45) is 5.14 Å². The van der Waals surface area contributed by atoms with Crippen LogP contribution in [0.4, 0.5) is 11.4 Å². The van der Waals surface area contributed by atoms with Gasteiger partial charge in [0.05, 0.1) is 34.5 Å². The number of hydrogen-bond acceptors (Lipinski definition) is 7. The molecular formula is C14H17N3O7S3. The molecule has 0 amide bonds. The molecular weight excluding hydrogens is 418 g/mol. The number of ether oxygens (including phenoxy) is 1. The lowest BCUT2D eigenvalue weighted by Gasteiger charge is -2.13. The summed E-state index contributed by atoms with van der Waals surface area (Å²) in [6, 6.07) is 8.45. The van der Waals surface area contributed by atoms with Gasteiger partial charge in [-0.05, 0) is 36.4 Å². The fourth-order valence-corrected chi connectivity index (χ4v) is 4.37. The highest BCUT2D eigenvalue weighted by atomic mass is 32.2. The Labute approximate surface area is 157 Å². The first-order valence-corrected chi connectivity index (χ1v) is 12.1. The number of hydrogen-bond donors (Lipinski definition) is 3. The Kier molecular flexibility index (Phi) is 5.70. The normalized spacial score (nSPS) is 12.4. The second-order valence-electron chi connectivity index (χ2n) is 5.41. The van der Waals surface area contributed by atoms with Crippen molar-refractivity contribution in [3.05, 3.63) is 42.5 Å². The first-order chi connectivity index (χ1) is 12.3. The number of rotatable bonds is 7. The average molecular weight is 436 g/mol. The molecule has 2 rings (SSSR count). The molecule has 0 fully saturated rings. The largest absolute Gasteiger partial charge is 0.495 e. The molecule has 0 saturated heterocycles. The Bertz CT molecular complexity index is 1170. The van der Waals surface area contributed by atoms with Crippen LogP contribution in [0, 0.1) is 0 Å². The van der Waals surface area contributed by atoms with Gasteiger partial charge in [0.15, 0.2) is 0 Å². The second kappa shape index (κ2) is 7.34. The lowest BCUT2D eigenvalue weighted by molar-refractivity contribution is 0.417. The summed E-state index contributed by atoms with van der Waals surface area (Å²) in [7, 11) is -10.6. The molecule has 0 radical (unpaired) electrons. The maximum absolute atomic E-state index is 12.5. The zero-order valence-corrected chi connectivity index (χ0v) is 16.7. The Morgan fingerprint density at radius 2 is 1.52 bits per heavy atom. The summed E-state index contributed by atoms with van der Waals surface area (Å²) in [6.07, 6.45) is 0.933. The van der Waals surface area contributed by atoms with Crippen molar-refractivity contribution in [2.75, 3.05) is 22.8 Å². The van der Waals surface area contributed by atoms with Gasteiger partial charge in [-0.3, -0.25) is 9.44 Å². The molecule has 27 heavy (non-hydrogen) atoms. The second-order valence-corrected chi connectivity index (χ2v) is 10.4. The van der Waals surface area contributed by atoms with Gasteiger partial charge < -0.3 is 4.74 Å². The van der Waals surface area contributed by atoms with E-state index in [0.29, 0.717) is 0 Å². The molecule has 0 bridgehead atoms. The third-order valence-corrected chi connectivity index (χ3v) is 6.07. The minimum absolute atomic E-state index is 0.0264. The molecule has 13 heteroatoms. The first-order valence-electron chi connectivity index (χ1n) is 7.13.